The van der Waals surface area contributed by atoms with Crippen molar-refractivity contribution in [3.63, 3.8) is 0 Å². The molecule has 2 nitrogen and oxygen atoms in total. The molecule has 0 saturated carbocycles. The lowest BCUT2D eigenvalue weighted by atomic mass is 10.0. The van der Waals surface area contributed by atoms with Crippen molar-refractivity contribution in [3.05, 3.63) is 29.8 Å². The third-order valence-electron chi connectivity index (χ3n) is 2.78. The minimum Gasteiger partial charge on any atom is -0.385 e. The Hall–Kier alpha value is -0.510. The van der Waals surface area contributed by atoms with E-state index in [1.165, 1.54) is 10.5 Å². The lowest BCUT2D eigenvalue weighted by Crippen LogP contribution is -2.16. The predicted octanol–water partition coefficient (Wildman–Crippen LogP) is 3.49. The third kappa shape index (κ3) is 5.11. The van der Waals surface area contributed by atoms with E-state index >= 15 is 0 Å². The zero-order chi connectivity index (χ0) is 12.5. The maximum absolute atomic E-state index is 5.09. The molecule has 0 saturated heterocycles. The summed E-state index contributed by atoms with van der Waals surface area (Å²) in [7, 11) is 3.78. The molecule has 96 valence electrons. The molecule has 3 heteroatoms. The molecule has 17 heavy (non-hydrogen) atoms. The summed E-state index contributed by atoms with van der Waals surface area (Å²) in [4.78, 5) is 1.35. The zero-order valence-corrected chi connectivity index (χ0v) is 11.8. The van der Waals surface area contributed by atoms with Crippen molar-refractivity contribution in [1.29, 1.82) is 0 Å². The van der Waals surface area contributed by atoms with Gasteiger partial charge in [0.2, 0.25) is 0 Å². The van der Waals surface area contributed by atoms with E-state index in [1.54, 1.807) is 7.11 Å². The summed E-state index contributed by atoms with van der Waals surface area (Å²) in [6.45, 7) is 3.02. The molecule has 0 heterocycles. The highest BCUT2D eigenvalue weighted by Gasteiger charge is 2.08. The molecule has 1 rings (SSSR count). The Morgan fingerprint density at radius 1 is 1.29 bits per heavy atom. The first kappa shape index (κ1) is 14.6. The van der Waals surface area contributed by atoms with Gasteiger partial charge in [-0.3, -0.25) is 0 Å². The Labute approximate surface area is 109 Å². The number of hydrogen-bond donors (Lipinski definition) is 1. The van der Waals surface area contributed by atoms with Crippen molar-refractivity contribution < 1.29 is 4.74 Å². The van der Waals surface area contributed by atoms with E-state index in [-0.39, 0.29) is 0 Å². The van der Waals surface area contributed by atoms with Gasteiger partial charge in [-0.25, -0.2) is 0 Å². The third-order valence-corrected chi connectivity index (χ3v) is 3.68. The maximum atomic E-state index is 5.09. The number of ether oxygens (including phenoxy) is 1. The van der Waals surface area contributed by atoms with Crippen LogP contribution in [0.5, 0.6) is 0 Å². The van der Waals surface area contributed by atoms with Crippen molar-refractivity contribution in [3.8, 4) is 0 Å². The highest BCUT2D eigenvalue weighted by atomic mass is 32.2. The number of nitrogens with one attached hydrogen (secondary N) is 1. The molecular formula is C14H23NOS. The van der Waals surface area contributed by atoms with Crippen molar-refractivity contribution in [2.45, 2.75) is 30.7 Å². The van der Waals surface area contributed by atoms with Crippen LogP contribution in [0.2, 0.25) is 0 Å². The number of thioether (sulfide) groups is 1. The van der Waals surface area contributed by atoms with Crippen molar-refractivity contribution in [2.75, 3.05) is 26.5 Å². The maximum Gasteiger partial charge on any atom is 0.0462 e. The molecule has 0 aliphatic carbocycles. The minimum absolute atomic E-state index is 0.436. The second kappa shape index (κ2) is 8.56. The minimum atomic E-state index is 0.436. The summed E-state index contributed by atoms with van der Waals surface area (Å²) in [5.74, 6) is 1.13. The Balaban J connectivity index is 2.55. The fraction of sp³-hybridized carbons (Fsp3) is 0.571. The van der Waals surface area contributed by atoms with Gasteiger partial charge in [0, 0.05) is 24.7 Å². The zero-order valence-electron chi connectivity index (χ0n) is 11.0. The van der Waals surface area contributed by atoms with E-state index < -0.39 is 0 Å². The molecule has 0 amide bonds. The van der Waals surface area contributed by atoms with E-state index in [0.717, 1.165) is 25.2 Å². The van der Waals surface area contributed by atoms with Crippen LogP contribution in [0.15, 0.2) is 29.2 Å². The van der Waals surface area contributed by atoms with Crippen LogP contribution >= 0.6 is 11.8 Å². The molecule has 0 aliphatic rings. The Morgan fingerprint density at radius 2 is 2.00 bits per heavy atom. The molecule has 0 bridgehead atoms. The first-order chi connectivity index (χ1) is 8.31. The first-order valence-corrected chi connectivity index (χ1v) is 7.19. The van der Waals surface area contributed by atoms with Crippen LogP contribution in [-0.2, 0) is 4.74 Å². The van der Waals surface area contributed by atoms with Gasteiger partial charge in [-0.15, -0.1) is 11.8 Å². The summed E-state index contributed by atoms with van der Waals surface area (Å²) in [6, 6.07) is 9.32. The van der Waals surface area contributed by atoms with Gasteiger partial charge in [0.1, 0.15) is 0 Å². The van der Waals surface area contributed by atoms with Crippen LogP contribution in [0.4, 0.5) is 0 Å². The summed E-state index contributed by atoms with van der Waals surface area (Å²) in [5, 5.41) is 3.37. The SMILES string of the molecule is CCSc1ccc(C(CCCOC)NC)cc1. The molecule has 0 fully saturated rings. The average Bonchev–Trinajstić information content (AvgIpc) is 2.36. The van der Waals surface area contributed by atoms with Gasteiger partial charge in [0.25, 0.3) is 0 Å². The second-order valence-corrected chi connectivity index (χ2v) is 5.32. The van der Waals surface area contributed by atoms with Crippen molar-refractivity contribution in [2.24, 2.45) is 0 Å². The summed E-state index contributed by atoms with van der Waals surface area (Å²) in [5.41, 5.74) is 1.36. The van der Waals surface area contributed by atoms with Crippen LogP contribution in [0.3, 0.4) is 0 Å². The quantitative estimate of drug-likeness (QED) is 0.566. The van der Waals surface area contributed by atoms with Crippen molar-refractivity contribution >= 4 is 11.8 Å². The van der Waals surface area contributed by atoms with E-state index in [0.29, 0.717) is 6.04 Å². The van der Waals surface area contributed by atoms with Crippen LogP contribution in [-0.4, -0.2) is 26.5 Å². The van der Waals surface area contributed by atoms with E-state index in [9.17, 15) is 0 Å². The van der Waals surface area contributed by atoms with Crippen LogP contribution in [0.1, 0.15) is 31.4 Å². The summed E-state index contributed by atoms with van der Waals surface area (Å²) >= 11 is 1.88. The lowest BCUT2D eigenvalue weighted by Gasteiger charge is -2.16. The molecular weight excluding hydrogens is 230 g/mol. The molecule has 0 spiro atoms. The van der Waals surface area contributed by atoms with Crippen LogP contribution in [0, 0.1) is 0 Å². The van der Waals surface area contributed by atoms with Gasteiger partial charge >= 0.3 is 0 Å². The predicted molar refractivity (Wildman–Crippen MR) is 75.8 cm³/mol. The smallest absolute Gasteiger partial charge is 0.0462 e. The van der Waals surface area contributed by atoms with E-state index in [1.807, 2.05) is 18.8 Å². The first-order valence-electron chi connectivity index (χ1n) is 6.20. The van der Waals surface area contributed by atoms with Crippen LogP contribution in [0.25, 0.3) is 0 Å². The number of benzene rings is 1. The number of hydrogen-bond acceptors (Lipinski definition) is 3. The molecule has 0 aromatic heterocycles. The summed E-state index contributed by atoms with van der Waals surface area (Å²) in [6.07, 6.45) is 2.21. The highest BCUT2D eigenvalue weighted by Crippen LogP contribution is 2.23. The molecule has 0 aliphatic heterocycles. The second-order valence-electron chi connectivity index (χ2n) is 3.98. The topological polar surface area (TPSA) is 21.3 Å². The van der Waals surface area contributed by atoms with Gasteiger partial charge < -0.3 is 10.1 Å². The van der Waals surface area contributed by atoms with E-state index in [4.69, 9.17) is 4.74 Å². The fourth-order valence-electron chi connectivity index (χ4n) is 1.87. The monoisotopic (exact) mass is 253 g/mol. The van der Waals surface area contributed by atoms with Gasteiger partial charge in [0.15, 0.2) is 0 Å². The molecule has 1 unspecified atom stereocenters. The van der Waals surface area contributed by atoms with Gasteiger partial charge in [0.05, 0.1) is 0 Å². The fourth-order valence-corrected chi connectivity index (χ4v) is 2.53. The normalized spacial score (nSPS) is 12.6. The Bertz CT molecular complexity index is 300. The van der Waals surface area contributed by atoms with Crippen LogP contribution < -0.4 is 5.32 Å². The summed E-state index contributed by atoms with van der Waals surface area (Å²) < 4.78 is 5.09. The highest BCUT2D eigenvalue weighted by molar-refractivity contribution is 7.99. The average molecular weight is 253 g/mol. The van der Waals surface area contributed by atoms with Gasteiger partial charge in [-0.1, -0.05) is 19.1 Å². The number of rotatable bonds is 8. The molecule has 1 aromatic rings. The largest absolute Gasteiger partial charge is 0.385 e. The molecule has 0 radical (unpaired) electrons. The molecule has 1 N–H and O–H groups in total. The molecule has 1 atom stereocenters. The van der Waals surface area contributed by atoms with E-state index in [2.05, 4.69) is 36.5 Å². The van der Waals surface area contributed by atoms with Gasteiger partial charge in [-0.2, -0.15) is 0 Å². The lowest BCUT2D eigenvalue weighted by molar-refractivity contribution is 0.189. The Kier molecular flexibility index (Phi) is 7.33. The molecule has 1 aromatic carbocycles. The standard InChI is InChI=1S/C14H23NOS/c1-4-17-13-9-7-12(8-10-13)14(15-2)6-5-11-16-3/h7-10,14-15H,4-6,11H2,1-3H3. The van der Waals surface area contributed by atoms with Crippen molar-refractivity contribution in [1.82, 2.24) is 5.32 Å². The number of methoxy groups -OCH3 is 1. The Morgan fingerprint density at radius 3 is 2.53 bits per heavy atom. The van der Waals surface area contributed by atoms with Gasteiger partial charge in [-0.05, 0) is 43.3 Å².